The van der Waals surface area contributed by atoms with Gasteiger partial charge in [0.1, 0.15) is 11.9 Å². The zero-order valence-electron chi connectivity index (χ0n) is 14.8. The Hall–Kier alpha value is -2.53. The van der Waals surface area contributed by atoms with Gasteiger partial charge in [0, 0.05) is 27.1 Å². The lowest BCUT2D eigenvalue weighted by molar-refractivity contribution is 0.185. The number of methoxy groups -OCH3 is 1. The average Bonchev–Trinajstić information content (AvgIpc) is 3.06. The van der Waals surface area contributed by atoms with Crippen LogP contribution in [0.15, 0.2) is 53.5 Å². The number of nitrogens with one attached hydrogen (secondary N) is 2. The third-order valence-corrected chi connectivity index (χ3v) is 4.23. The smallest absolute Gasteiger partial charge is 0.191 e. The predicted octanol–water partition coefficient (Wildman–Crippen LogP) is 2.50. The van der Waals surface area contributed by atoms with E-state index >= 15 is 0 Å². The Kier molecular flexibility index (Phi) is 5.90. The van der Waals surface area contributed by atoms with Crippen LogP contribution in [0.1, 0.15) is 16.7 Å². The predicted molar refractivity (Wildman–Crippen MR) is 99.9 cm³/mol. The summed E-state index contributed by atoms with van der Waals surface area (Å²) in [6, 6.07) is 16.6. The van der Waals surface area contributed by atoms with Crippen molar-refractivity contribution in [2.24, 2.45) is 4.99 Å². The molecule has 0 aromatic heterocycles. The zero-order valence-corrected chi connectivity index (χ0v) is 14.8. The second kappa shape index (κ2) is 8.53. The molecule has 1 aliphatic heterocycles. The highest BCUT2D eigenvalue weighted by Gasteiger charge is 2.22. The minimum atomic E-state index is 0.143. The van der Waals surface area contributed by atoms with E-state index in [0.29, 0.717) is 6.61 Å². The molecule has 25 heavy (non-hydrogen) atoms. The van der Waals surface area contributed by atoms with Crippen LogP contribution >= 0.6 is 0 Å². The van der Waals surface area contributed by atoms with Crippen LogP contribution in [0.2, 0.25) is 0 Å². The lowest BCUT2D eigenvalue weighted by Crippen LogP contribution is -2.41. The van der Waals surface area contributed by atoms with Gasteiger partial charge in [-0.3, -0.25) is 4.99 Å². The lowest BCUT2D eigenvalue weighted by Gasteiger charge is -2.15. The van der Waals surface area contributed by atoms with Crippen molar-refractivity contribution < 1.29 is 9.47 Å². The summed E-state index contributed by atoms with van der Waals surface area (Å²) in [5.74, 6) is 1.77. The van der Waals surface area contributed by atoms with Crippen LogP contribution in [0.25, 0.3) is 0 Å². The molecule has 0 saturated carbocycles. The molecule has 1 atom stereocenters. The van der Waals surface area contributed by atoms with Crippen LogP contribution in [-0.4, -0.2) is 32.8 Å². The highest BCUT2D eigenvalue weighted by molar-refractivity contribution is 5.79. The second-order valence-electron chi connectivity index (χ2n) is 6.11. The van der Waals surface area contributed by atoms with Gasteiger partial charge in [0.05, 0.1) is 13.2 Å². The van der Waals surface area contributed by atoms with E-state index < -0.39 is 0 Å². The first-order valence-corrected chi connectivity index (χ1v) is 8.54. The van der Waals surface area contributed by atoms with Crippen LogP contribution in [0.3, 0.4) is 0 Å². The minimum absolute atomic E-state index is 0.143. The van der Waals surface area contributed by atoms with Gasteiger partial charge in [-0.25, -0.2) is 0 Å². The number of aliphatic imine (C=N–C) groups is 1. The first-order valence-electron chi connectivity index (χ1n) is 8.54. The number of benzene rings is 2. The molecule has 0 aliphatic carbocycles. The maximum absolute atomic E-state index is 5.94. The molecule has 2 aromatic rings. The fraction of sp³-hybridized carbons (Fsp3) is 0.350. The van der Waals surface area contributed by atoms with Gasteiger partial charge in [0.25, 0.3) is 0 Å². The van der Waals surface area contributed by atoms with Crippen LogP contribution in [0.5, 0.6) is 5.75 Å². The van der Waals surface area contributed by atoms with Crippen molar-refractivity contribution in [2.75, 3.05) is 20.7 Å². The van der Waals surface area contributed by atoms with E-state index in [0.717, 1.165) is 31.2 Å². The summed E-state index contributed by atoms with van der Waals surface area (Å²) in [6.45, 7) is 2.08. The summed E-state index contributed by atoms with van der Waals surface area (Å²) < 4.78 is 11.1. The number of guanidine groups is 1. The molecule has 0 amide bonds. The standard InChI is InChI=1S/C20H25N3O2/c1-21-20(22-12-15-7-9-16(10-8-15)14-24-2)23-13-18-11-17-5-3-4-6-19(17)25-18/h3-10,18H,11-14H2,1-2H3,(H2,21,22,23). The van der Waals surface area contributed by atoms with Gasteiger partial charge in [-0.15, -0.1) is 0 Å². The fourth-order valence-electron chi connectivity index (χ4n) is 2.90. The van der Waals surface area contributed by atoms with Gasteiger partial charge >= 0.3 is 0 Å². The number of ether oxygens (including phenoxy) is 2. The Balaban J connectivity index is 1.44. The number of para-hydroxylation sites is 1. The Morgan fingerprint density at radius 2 is 1.88 bits per heavy atom. The number of nitrogens with zero attached hydrogens (tertiary/aromatic N) is 1. The molecule has 1 aliphatic rings. The number of hydrogen-bond donors (Lipinski definition) is 2. The van der Waals surface area contributed by atoms with Crippen molar-refractivity contribution in [2.45, 2.75) is 25.7 Å². The molecular formula is C20H25N3O2. The van der Waals surface area contributed by atoms with Crippen molar-refractivity contribution in [3.63, 3.8) is 0 Å². The molecular weight excluding hydrogens is 314 g/mol. The van der Waals surface area contributed by atoms with Crippen molar-refractivity contribution in [1.29, 1.82) is 0 Å². The highest BCUT2D eigenvalue weighted by Crippen LogP contribution is 2.27. The molecule has 1 heterocycles. The second-order valence-corrected chi connectivity index (χ2v) is 6.11. The monoisotopic (exact) mass is 339 g/mol. The SMILES string of the molecule is CN=C(NCc1ccc(COC)cc1)NCC1Cc2ccccc2O1. The topological polar surface area (TPSA) is 54.9 Å². The van der Waals surface area contributed by atoms with Crippen molar-refractivity contribution in [3.05, 3.63) is 65.2 Å². The van der Waals surface area contributed by atoms with E-state index in [1.54, 1.807) is 14.2 Å². The van der Waals surface area contributed by atoms with Gasteiger partial charge in [-0.1, -0.05) is 42.5 Å². The van der Waals surface area contributed by atoms with Crippen molar-refractivity contribution in [1.82, 2.24) is 10.6 Å². The largest absolute Gasteiger partial charge is 0.488 e. The summed E-state index contributed by atoms with van der Waals surface area (Å²) >= 11 is 0. The molecule has 2 N–H and O–H groups in total. The van der Waals surface area contributed by atoms with Crippen molar-refractivity contribution >= 4 is 5.96 Å². The molecule has 0 bridgehead atoms. The third kappa shape index (κ3) is 4.73. The Morgan fingerprint density at radius 3 is 2.60 bits per heavy atom. The lowest BCUT2D eigenvalue weighted by atomic mass is 10.1. The van der Waals surface area contributed by atoms with Crippen LogP contribution in [0.4, 0.5) is 0 Å². The first kappa shape index (κ1) is 17.3. The van der Waals surface area contributed by atoms with E-state index in [-0.39, 0.29) is 6.10 Å². The third-order valence-electron chi connectivity index (χ3n) is 4.23. The fourth-order valence-corrected chi connectivity index (χ4v) is 2.90. The van der Waals surface area contributed by atoms with E-state index in [1.807, 2.05) is 12.1 Å². The molecule has 0 radical (unpaired) electrons. The molecule has 0 saturated heterocycles. The molecule has 0 fully saturated rings. The van der Waals surface area contributed by atoms with Crippen LogP contribution in [0, 0.1) is 0 Å². The Morgan fingerprint density at radius 1 is 1.12 bits per heavy atom. The Labute approximate surface area is 149 Å². The van der Waals surface area contributed by atoms with Crippen LogP contribution in [-0.2, 0) is 24.3 Å². The van der Waals surface area contributed by atoms with Crippen molar-refractivity contribution in [3.8, 4) is 5.75 Å². The number of rotatable bonds is 6. The molecule has 132 valence electrons. The molecule has 1 unspecified atom stereocenters. The number of fused-ring (bicyclic) bond motifs is 1. The molecule has 0 spiro atoms. The summed E-state index contributed by atoms with van der Waals surface area (Å²) in [7, 11) is 3.49. The van der Waals surface area contributed by atoms with Gasteiger partial charge in [0.15, 0.2) is 5.96 Å². The zero-order chi connectivity index (χ0) is 17.5. The quantitative estimate of drug-likeness (QED) is 0.627. The van der Waals surface area contributed by atoms with E-state index in [2.05, 4.69) is 52.0 Å². The van der Waals surface area contributed by atoms with Crippen LogP contribution < -0.4 is 15.4 Å². The van der Waals surface area contributed by atoms with Gasteiger partial charge in [0.2, 0.25) is 0 Å². The molecule has 5 heteroatoms. The van der Waals surface area contributed by atoms with Gasteiger partial charge < -0.3 is 20.1 Å². The summed E-state index contributed by atoms with van der Waals surface area (Å²) in [5.41, 5.74) is 3.65. The minimum Gasteiger partial charge on any atom is -0.488 e. The Bertz CT molecular complexity index is 688. The van der Waals surface area contributed by atoms with Gasteiger partial charge in [-0.05, 0) is 22.8 Å². The van der Waals surface area contributed by atoms with E-state index in [9.17, 15) is 0 Å². The summed E-state index contributed by atoms with van der Waals surface area (Å²) in [5, 5.41) is 6.68. The highest BCUT2D eigenvalue weighted by atomic mass is 16.5. The molecule has 5 nitrogen and oxygen atoms in total. The van der Waals surface area contributed by atoms with E-state index in [4.69, 9.17) is 9.47 Å². The van der Waals surface area contributed by atoms with E-state index in [1.165, 1.54) is 16.7 Å². The maximum Gasteiger partial charge on any atom is 0.191 e. The summed E-state index contributed by atoms with van der Waals surface area (Å²) in [6.07, 6.45) is 1.07. The molecule has 2 aromatic carbocycles. The first-order chi connectivity index (χ1) is 12.3. The molecule has 3 rings (SSSR count). The summed E-state index contributed by atoms with van der Waals surface area (Å²) in [4.78, 5) is 4.28. The van der Waals surface area contributed by atoms with Gasteiger partial charge in [-0.2, -0.15) is 0 Å². The average molecular weight is 339 g/mol. The maximum atomic E-state index is 5.94. The normalized spacial score (nSPS) is 16.2. The number of hydrogen-bond acceptors (Lipinski definition) is 3.